The average Bonchev–Trinajstić information content (AvgIpc) is 2.62. The van der Waals surface area contributed by atoms with Crippen LogP contribution in [-0.4, -0.2) is 30.1 Å². The van der Waals surface area contributed by atoms with Crippen molar-refractivity contribution in [3.8, 4) is 0 Å². The molecular formula is C20H21Cl2N3O4. The van der Waals surface area contributed by atoms with Crippen molar-refractivity contribution in [1.82, 2.24) is 5.32 Å². The summed E-state index contributed by atoms with van der Waals surface area (Å²) in [5.74, 6) is -0.899. The van der Waals surface area contributed by atoms with Crippen molar-refractivity contribution in [3.05, 3.63) is 58.1 Å². The van der Waals surface area contributed by atoms with E-state index in [-0.39, 0.29) is 11.6 Å². The first-order valence-corrected chi connectivity index (χ1v) is 9.43. The van der Waals surface area contributed by atoms with Crippen LogP contribution in [0.4, 0.5) is 16.2 Å². The third kappa shape index (κ3) is 7.29. The summed E-state index contributed by atoms with van der Waals surface area (Å²) in [6, 6.07) is 11.2. The SMILES string of the molecule is CC(C)(C)OC(=O)NCC(=O)Nc1ccccc1NC(=O)c1ccc(Cl)c(Cl)c1. The van der Waals surface area contributed by atoms with Gasteiger partial charge < -0.3 is 20.7 Å². The minimum absolute atomic E-state index is 0.258. The van der Waals surface area contributed by atoms with Gasteiger partial charge in [0.15, 0.2) is 0 Å². The molecule has 3 amide bonds. The summed E-state index contributed by atoms with van der Waals surface area (Å²) in [6.07, 6.45) is -0.700. The molecule has 2 aromatic carbocycles. The number of carbonyl (C=O) groups excluding carboxylic acids is 3. The zero-order valence-electron chi connectivity index (χ0n) is 16.1. The van der Waals surface area contributed by atoms with Crippen LogP contribution < -0.4 is 16.0 Å². The van der Waals surface area contributed by atoms with E-state index in [0.29, 0.717) is 22.0 Å². The van der Waals surface area contributed by atoms with Crippen LogP contribution in [0.25, 0.3) is 0 Å². The summed E-state index contributed by atoms with van der Waals surface area (Å²) in [5, 5.41) is 8.31. The molecule has 7 nitrogen and oxygen atoms in total. The molecule has 3 N–H and O–H groups in total. The Hall–Kier alpha value is -2.77. The molecular weight excluding hydrogens is 417 g/mol. The molecule has 0 saturated carbocycles. The lowest BCUT2D eigenvalue weighted by Crippen LogP contribution is -2.37. The van der Waals surface area contributed by atoms with E-state index in [1.165, 1.54) is 18.2 Å². The predicted molar refractivity (Wildman–Crippen MR) is 114 cm³/mol. The summed E-state index contributed by atoms with van der Waals surface area (Å²) < 4.78 is 5.07. The van der Waals surface area contributed by atoms with E-state index in [1.807, 2.05) is 0 Å². The fourth-order valence-corrected chi connectivity index (χ4v) is 2.49. The van der Waals surface area contributed by atoms with E-state index in [2.05, 4.69) is 16.0 Å². The Morgan fingerprint density at radius 1 is 0.931 bits per heavy atom. The van der Waals surface area contributed by atoms with Crippen molar-refractivity contribution >= 4 is 52.5 Å². The maximum atomic E-state index is 12.5. The van der Waals surface area contributed by atoms with E-state index in [1.54, 1.807) is 45.0 Å². The first kappa shape index (κ1) is 22.5. The molecule has 0 unspecified atom stereocenters. The van der Waals surface area contributed by atoms with Gasteiger partial charge in [-0.3, -0.25) is 9.59 Å². The largest absolute Gasteiger partial charge is 0.444 e. The zero-order chi connectivity index (χ0) is 21.6. The molecule has 2 rings (SSSR count). The summed E-state index contributed by atoms with van der Waals surface area (Å²) >= 11 is 11.8. The van der Waals surface area contributed by atoms with Gasteiger partial charge in [0.2, 0.25) is 5.91 Å². The molecule has 2 aromatic rings. The van der Waals surface area contributed by atoms with E-state index in [9.17, 15) is 14.4 Å². The molecule has 0 aromatic heterocycles. The van der Waals surface area contributed by atoms with Gasteiger partial charge in [-0.15, -0.1) is 0 Å². The number of hydrogen-bond acceptors (Lipinski definition) is 4. The standard InChI is InChI=1S/C20H21Cl2N3O4/c1-20(2,3)29-19(28)23-11-17(26)24-15-6-4-5-7-16(15)25-18(27)12-8-9-13(21)14(22)10-12/h4-10H,11H2,1-3H3,(H,23,28)(H,24,26)(H,25,27). The van der Waals surface area contributed by atoms with Crippen LogP contribution in [0.2, 0.25) is 10.0 Å². The molecule has 0 spiro atoms. The molecule has 9 heteroatoms. The number of amides is 3. The van der Waals surface area contributed by atoms with Gasteiger partial charge in [0.1, 0.15) is 12.1 Å². The average molecular weight is 438 g/mol. The molecule has 0 atom stereocenters. The number of ether oxygens (including phenoxy) is 1. The van der Waals surface area contributed by atoms with Crippen molar-refractivity contribution < 1.29 is 19.1 Å². The quantitative estimate of drug-likeness (QED) is 0.630. The number of carbonyl (C=O) groups is 3. The Labute approximate surface area is 178 Å². The lowest BCUT2D eigenvalue weighted by molar-refractivity contribution is -0.115. The van der Waals surface area contributed by atoms with Gasteiger partial charge in [-0.2, -0.15) is 0 Å². The molecule has 0 aliphatic heterocycles. The number of alkyl carbamates (subject to hydrolysis) is 1. The Morgan fingerprint density at radius 2 is 1.55 bits per heavy atom. The van der Waals surface area contributed by atoms with E-state index in [0.717, 1.165) is 0 Å². The van der Waals surface area contributed by atoms with Crippen LogP contribution in [0.1, 0.15) is 31.1 Å². The number of nitrogens with one attached hydrogen (secondary N) is 3. The van der Waals surface area contributed by atoms with Gasteiger partial charge in [-0.1, -0.05) is 35.3 Å². The highest BCUT2D eigenvalue weighted by molar-refractivity contribution is 6.42. The highest BCUT2D eigenvalue weighted by Crippen LogP contribution is 2.25. The Balaban J connectivity index is 2.01. The lowest BCUT2D eigenvalue weighted by Gasteiger charge is -2.19. The first-order valence-electron chi connectivity index (χ1n) is 8.67. The van der Waals surface area contributed by atoms with E-state index >= 15 is 0 Å². The smallest absolute Gasteiger partial charge is 0.408 e. The number of anilines is 2. The number of halogens is 2. The second-order valence-electron chi connectivity index (χ2n) is 7.03. The van der Waals surface area contributed by atoms with Crippen molar-refractivity contribution in [2.45, 2.75) is 26.4 Å². The fraction of sp³-hybridized carbons (Fsp3) is 0.250. The molecule has 154 valence electrons. The topological polar surface area (TPSA) is 96.5 Å². The van der Waals surface area contributed by atoms with E-state index in [4.69, 9.17) is 27.9 Å². The van der Waals surface area contributed by atoms with Crippen LogP contribution in [0.3, 0.4) is 0 Å². The summed E-state index contributed by atoms with van der Waals surface area (Å²) in [6.45, 7) is 4.88. The molecule has 0 bridgehead atoms. The van der Waals surface area contributed by atoms with Gasteiger partial charge >= 0.3 is 6.09 Å². The molecule has 0 fully saturated rings. The molecule has 0 radical (unpaired) electrons. The Bertz CT molecular complexity index is 926. The van der Waals surface area contributed by atoms with Crippen molar-refractivity contribution in [2.24, 2.45) is 0 Å². The van der Waals surface area contributed by atoms with Crippen molar-refractivity contribution in [1.29, 1.82) is 0 Å². The molecule has 0 aliphatic rings. The summed E-state index contributed by atoms with van der Waals surface area (Å²) in [5.41, 5.74) is 0.403. The minimum atomic E-state index is -0.700. The normalized spacial score (nSPS) is 10.8. The van der Waals surface area contributed by atoms with Crippen LogP contribution in [0.5, 0.6) is 0 Å². The third-order valence-corrected chi connectivity index (χ3v) is 4.16. The fourth-order valence-electron chi connectivity index (χ4n) is 2.19. The summed E-state index contributed by atoms with van der Waals surface area (Å²) in [7, 11) is 0. The molecule has 29 heavy (non-hydrogen) atoms. The number of para-hydroxylation sites is 2. The van der Waals surface area contributed by atoms with Gasteiger partial charge in [0, 0.05) is 5.56 Å². The lowest BCUT2D eigenvalue weighted by atomic mass is 10.2. The van der Waals surface area contributed by atoms with Crippen LogP contribution in [0.15, 0.2) is 42.5 Å². The first-order chi connectivity index (χ1) is 13.5. The summed E-state index contributed by atoms with van der Waals surface area (Å²) in [4.78, 5) is 36.3. The van der Waals surface area contributed by atoms with Crippen LogP contribution in [-0.2, 0) is 9.53 Å². The number of benzene rings is 2. The third-order valence-electron chi connectivity index (χ3n) is 3.42. The highest BCUT2D eigenvalue weighted by Gasteiger charge is 2.17. The maximum absolute atomic E-state index is 12.5. The van der Waals surface area contributed by atoms with E-state index < -0.39 is 23.5 Å². The van der Waals surface area contributed by atoms with Crippen LogP contribution in [0, 0.1) is 0 Å². The van der Waals surface area contributed by atoms with Gasteiger partial charge in [0.25, 0.3) is 5.91 Å². The van der Waals surface area contributed by atoms with Crippen molar-refractivity contribution in [3.63, 3.8) is 0 Å². The molecule has 0 heterocycles. The maximum Gasteiger partial charge on any atom is 0.408 e. The number of rotatable bonds is 5. The Kier molecular flexibility index (Phi) is 7.47. The second kappa shape index (κ2) is 9.62. The Morgan fingerprint density at radius 3 is 2.14 bits per heavy atom. The van der Waals surface area contributed by atoms with Gasteiger partial charge in [-0.25, -0.2) is 4.79 Å². The highest BCUT2D eigenvalue weighted by atomic mass is 35.5. The minimum Gasteiger partial charge on any atom is -0.444 e. The zero-order valence-corrected chi connectivity index (χ0v) is 17.6. The van der Waals surface area contributed by atoms with Crippen molar-refractivity contribution in [2.75, 3.05) is 17.2 Å². The van der Waals surface area contributed by atoms with Crippen LogP contribution >= 0.6 is 23.2 Å². The molecule has 0 saturated heterocycles. The second-order valence-corrected chi connectivity index (χ2v) is 7.85. The van der Waals surface area contributed by atoms with Gasteiger partial charge in [0.05, 0.1) is 21.4 Å². The monoisotopic (exact) mass is 437 g/mol. The molecule has 0 aliphatic carbocycles. The number of hydrogen-bond donors (Lipinski definition) is 3. The predicted octanol–water partition coefficient (Wildman–Crippen LogP) is 4.71. The van der Waals surface area contributed by atoms with Gasteiger partial charge in [-0.05, 0) is 51.1 Å².